The number of likely N-dealkylation sites (N-methyl/N-ethyl adjacent to an activating group) is 1. The summed E-state index contributed by atoms with van der Waals surface area (Å²) in [5.74, 6) is 1.28. The Kier molecular flexibility index (Phi) is 8.35. The fourth-order valence-electron chi connectivity index (χ4n) is 6.12. The minimum atomic E-state index is -0.424. The van der Waals surface area contributed by atoms with E-state index in [1.807, 2.05) is 42.1 Å². The van der Waals surface area contributed by atoms with E-state index in [4.69, 9.17) is 19.4 Å². The molecule has 6 rings (SSSR count). The molecule has 0 aliphatic carbocycles. The highest BCUT2D eigenvalue weighted by Gasteiger charge is 2.27. The number of nitrogens with one attached hydrogen (secondary N) is 2. The van der Waals surface area contributed by atoms with Gasteiger partial charge in [-0.2, -0.15) is 4.98 Å². The molecule has 0 radical (unpaired) electrons. The van der Waals surface area contributed by atoms with Crippen molar-refractivity contribution in [1.82, 2.24) is 24.3 Å². The highest BCUT2D eigenvalue weighted by atomic mass is 16.5. The summed E-state index contributed by atoms with van der Waals surface area (Å²) in [5.41, 5.74) is 4.52. The van der Waals surface area contributed by atoms with Crippen molar-refractivity contribution in [2.24, 2.45) is 7.05 Å². The third kappa shape index (κ3) is 6.09. The van der Waals surface area contributed by atoms with Crippen LogP contribution in [0.15, 0.2) is 54.7 Å². The van der Waals surface area contributed by atoms with Gasteiger partial charge in [0.15, 0.2) is 5.82 Å². The Morgan fingerprint density at radius 3 is 2.40 bits per heavy atom. The van der Waals surface area contributed by atoms with Crippen molar-refractivity contribution in [3.8, 4) is 5.75 Å². The summed E-state index contributed by atoms with van der Waals surface area (Å²) in [7, 11) is 7.20. The number of piperidine rings is 1. The Morgan fingerprint density at radius 1 is 0.884 bits per heavy atom. The van der Waals surface area contributed by atoms with Crippen molar-refractivity contribution in [3.63, 3.8) is 0 Å². The number of benzene rings is 2. The summed E-state index contributed by atoms with van der Waals surface area (Å²) in [6.45, 7) is 6.71. The third-order valence-electron chi connectivity index (χ3n) is 8.62. The predicted octanol–water partition coefficient (Wildman–Crippen LogP) is 4.47. The molecule has 226 valence electrons. The highest BCUT2D eigenvalue weighted by molar-refractivity contribution is 5.98. The molecule has 4 heterocycles. The molecule has 2 fully saturated rings. The second-order valence-electron chi connectivity index (χ2n) is 11.3. The first-order valence-electron chi connectivity index (χ1n) is 14.8. The van der Waals surface area contributed by atoms with Gasteiger partial charge in [-0.1, -0.05) is 12.1 Å². The second kappa shape index (κ2) is 12.5. The standard InChI is InChI=1S/C32H40N8O3/c1-37-17-19-40(20-18-37)22-11-15-39(16-12-22)23-9-10-26(28(21-23)42-3)34-32-35-27-13-14-38(2)29(27)30(36-32)33-25-8-6-5-7-24(25)31(41)43-4/h5-10,13-14,21-22H,11-12,15-20H2,1-4H3,(H2,33,34,35,36). The van der Waals surface area contributed by atoms with Crippen LogP contribution in [0.3, 0.4) is 0 Å². The molecule has 2 aromatic heterocycles. The molecule has 4 aromatic rings. The van der Waals surface area contributed by atoms with E-state index in [0.717, 1.165) is 54.3 Å². The van der Waals surface area contributed by atoms with E-state index in [-0.39, 0.29) is 0 Å². The number of rotatable bonds is 8. The molecule has 0 unspecified atom stereocenters. The SMILES string of the molecule is COC(=O)c1ccccc1Nc1nc(Nc2ccc(N3CCC(N4CCN(C)CC4)CC3)cc2OC)nc2ccn(C)c12. The smallest absolute Gasteiger partial charge is 0.339 e. The number of anilines is 5. The Hall–Kier alpha value is -4.35. The number of para-hydroxylation sites is 1. The number of nitrogens with zero attached hydrogens (tertiary/aromatic N) is 6. The zero-order chi connectivity index (χ0) is 29.9. The van der Waals surface area contributed by atoms with Crippen molar-refractivity contribution in [1.29, 1.82) is 0 Å². The normalized spacial score (nSPS) is 16.8. The number of carbonyl (C=O) groups excluding carboxylic acids is 1. The van der Waals surface area contributed by atoms with Crippen LogP contribution >= 0.6 is 0 Å². The molecule has 2 saturated heterocycles. The van der Waals surface area contributed by atoms with Crippen LogP contribution in [-0.2, 0) is 11.8 Å². The van der Waals surface area contributed by atoms with Gasteiger partial charge >= 0.3 is 5.97 Å². The van der Waals surface area contributed by atoms with Crippen LogP contribution in [0, 0.1) is 0 Å². The number of hydrogen-bond donors (Lipinski definition) is 2. The zero-order valence-electron chi connectivity index (χ0n) is 25.3. The molecule has 0 amide bonds. The minimum Gasteiger partial charge on any atom is -0.494 e. The first-order chi connectivity index (χ1) is 20.9. The van der Waals surface area contributed by atoms with Gasteiger partial charge in [-0.3, -0.25) is 4.90 Å². The molecule has 2 N–H and O–H groups in total. The van der Waals surface area contributed by atoms with Crippen molar-refractivity contribution < 1.29 is 14.3 Å². The first-order valence-corrected chi connectivity index (χ1v) is 14.8. The van der Waals surface area contributed by atoms with Gasteiger partial charge in [-0.15, -0.1) is 0 Å². The number of methoxy groups -OCH3 is 2. The molecule has 2 aliphatic heterocycles. The van der Waals surface area contributed by atoms with Crippen LogP contribution in [0.4, 0.5) is 28.8 Å². The van der Waals surface area contributed by atoms with Gasteiger partial charge in [0.1, 0.15) is 11.3 Å². The summed E-state index contributed by atoms with van der Waals surface area (Å²) >= 11 is 0. The lowest BCUT2D eigenvalue weighted by molar-refractivity contribution is 0.0602. The Labute approximate surface area is 252 Å². The highest BCUT2D eigenvalue weighted by Crippen LogP contribution is 2.34. The lowest BCUT2D eigenvalue weighted by Gasteiger charge is -2.42. The molecule has 2 aromatic carbocycles. The van der Waals surface area contributed by atoms with Gasteiger partial charge in [0, 0.05) is 70.3 Å². The van der Waals surface area contributed by atoms with E-state index < -0.39 is 5.97 Å². The van der Waals surface area contributed by atoms with Gasteiger partial charge in [0.25, 0.3) is 0 Å². The second-order valence-corrected chi connectivity index (χ2v) is 11.3. The van der Waals surface area contributed by atoms with Gasteiger partial charge in [0.2, 0.25) is 5.95 Å². The average molecular weight is 585 g/mol. The van der Waals surface area contributed by atoms with E-state index in [2.05, 4.69) is 44.5 Å². The molecular formula is C32H40N8O3. The molecule has 0 atom stereocenters. The number of esters is 1. The monoisotopic (exact) mass is 584 g/mol. The largest absolute Gasteiger partial charge is 0.494 e. The fraction of sp³-hybridized carbons (Fsp3) is 0.406. The maximum atomic E-state index is 12.4. The lowest BCUT2D eigenvalue weighted by Crippen LogP contribution is -2.52. The van der Waals surface area contributed by atoms with Crippen LogP contribution in [0.2, 0.25) is 0 Å². The number of piperazine rings is 1. The molecule has 2 aliphatic rings. The molecule has 11 heteroatoms. The van der Waals surface area contributed by atoms with E-state index in [1.54, 1.807) is 19.2 Å². The predicted molar refractivity (Wildman–Crippen MR) is 170 cm³/mol. The topological polar surface area (TPSA) is 100 Å². The zero-order valence-corrected chi connectivity index (χ0v) is 25.3. The maximum absolute atomic E-state index is 12.4. The van der Waals surface area contributed by atoms with Crippen molar-refractivity contribution in [3.05, 3.63) is 60.3 Å². The number of fused-ring (bicyclic) bond motifs is 1. The molecule has 11 nitrogen and oxygen atoms in total. The average Bonchev–Trinajstić information content (AvgIpc) is 3.42. The van der Waals surface area contributed by atoms with Crippen molar-refractivity contribution >= 4 is 45.8 Å². The number of hydrogen-bond acceptors (Lipinski definition) is 10. The summed E-state index contributed by atoms with van der Waals surface area (Å²) in [6.07, 6.45) is 4.28. The van der Waals surface area contributed by atoms with Gasteiger partial charge in [-0.25, -0.2) is 9.78 Å². The fourth-order valence-corrected chi connectivity index (χ4v) is 6.12. The van der Waals surface area contributed by atoms with Gasteiger partial charge < -0.3 is 34.5 Å². The van der Waals surface area contributed by atoms with Crippen LogP contribution in [-0.4, -0.2) is 96.9 Å². The van der Waals surface area contributed by atoms with Crippen LogP contribution in [0.25, 0.3) is 11.0 Å². The minimum absolute atomic E-state index is 0.413. The van der Waals surface area contributed by atoms with Crippen LogP contribution in [0.5, 0.6) is 5.75 Å². The summed E-state index contributed by atoms with van der Waals surface area (Å²) in [5, 5.41) is 6.70. The van der Waals surface area contributed by atoms with E-state index in [0.29, 0.717) is 29.1 Å². The van der Waals surface area contributed by atoms with E-state index in [9.17, 15) is 4.79 Å². The summed E-state index contributed by atoms with van der Waals surface area (Å²) in [4.78, 5) is 29.5. The number of ether oxygens (including phenoxy) is 2. The Morgan fingerprint density at radius 2 is 1.65 bits per heavy atom. The quantitative estimate of drug-likeness (QED) is 0.289. The van der Waals surface area contributed by atoms with Crippen LogP contribution in [0.1, 0.15) is 23.2 Å². The molecular weight excluding hydrogens is 544 g/mol. The molecule has 0 saturated carbocycles. The molecule has 0 bridgehead atoms. The number of carbonyl (C=O) groups is 1. The van der Waals surface area contributed by atoms with Crippen LogP contribution < -0.4 is 20.3 Å². The number of aryl methyl sites for hydroxylation is 1. The summed E-state index contributed by atoms with van der Waals surface area (Å²) < 4.78 is 12.7. The molecule has 43 heavy (non-hydrogen) atoms. The number of aromatic nitrogens is 3. The third-order valence-corrected chi connectivity index (χ3v) is 8.62. The van der Waals surface area contributed by atoms with Gasteiger partial charge in [0.05, 0.1) is 36.7 Å². The first kappa shape index (κ1) is 28.8. The Bertz CT molecular complexity index is 1590. The summed E-state index contributed by atoms with van der Waals surface area (Å²) in [6, 6.07) is 16.1. The van der Waals surface area contributed by atoms with E-state index in [1.165, 1.54) is 33.0 Å². The maximum Gasteiger partial charge on any atom is 0.339 e. The molecule has 0 spiro atoms. The Balaban J connectivity index is 1.21. The van der Waals surface area contributed by atoms with Gasteiger partial charge in [-0.05, 0) is 50.2 Å². The van der Waals surface area contributed by atoms with Crippen molar-refractivity contribution in [2.75, 3.05) is 76.1 Å². The van der Waals surface area contributed by atoms with Crippen molar-refractivity contribution in [2.45, 2.75) is 18.9 Å². The van der Waals surface area contributed by atoms with E-state index >= 15 is 0 Å². The lowest BCUT2D eigenvalue weighted by atomic mass is 10.0.